The first-order chi connectivity index (χ1) is 11.3. The number of hydrogen-bond acceptors (Lipinski definition) is 4. The van der Waals surface area contributed by atoms with E-state index in [1.54, 1.807) is 0 Å². The zero-order valence-corrected chi connectivity index (χ0v) is 14.7. The van der Waals surface area contributed by atoms with Gasteiger partial charge in [-0.3, -0.25) is 9.69 Å². The minimum atomic E-state index is -0.722. The number of hydrogen-bond donors (Lipinski definition) is 2. The summed E-state index contributed by atoms with van der Waals surface area (Å²) in [6.07, 6.45) is -1.06. The summed E-state index contributed by atoms with van der Waals surface area (Å²) in [5, 5.41) is 12.7. The number of β-amino-alcohol motifs (C(OH)–C–C–N with tert-alkyl or cyclic N) is 1. The molecule has 132 valence electrons. The molecule has 1 heterocycles. The Hall–Kier alpha value is -2.08. The van der Waals surface area contributed by atoms with Crippen LogP contribution >= 0.6 is 0 Å². The molecule has 2 atom stereocenters. The quantitative estimate of drug-likeness (QED) is 0.886. The van der Waals surface area contributed by atoms with Crippen LogP contribution in [0, 0.1) is 19.8 Å². The van der Waals surface area contributed by atoms with Crippen molar-refractivity contribution in [1.82, 2.24) is 4.90 Å². The highest BCUT2D eigenvalue weighted by Crippen LogP contribution is 2.22. The lowest BCUT2D eigenvalue weighted by molar-refractivity contribution is -0.120. The molecule has 0 saturated carbocycles. The molecule has 0 aromatic heterocycles. The number of amides is 2. The predicted molar refractivity (Wildman–Crippen MR) is 91.8 cm³/mol. The highest BCUT2D eigenvalue weighted by Gasteiger charge is 2.40. The summed E-state index contributed by atoms with van der Waals surface area (Å²) in [5.41, 5.74) is 2.78. The predicted octanol–water partition coefficient (Wildman–Crippen LogP) is 2.47. The molecule has 2 amide bonds. The van der Waals surface area contributed by atoms with E-state index < -0.39 is 18.2 Å². The topological polar surface area (TPSA) is 78.9 Å². The number of aliphatic hydroxyl groups is 1. The number of ether oxygens (including phenoxy) is 1. The van der Waals surface area contributed by atoms with E-state index in [2.05, 4.69) is 5.32 Å². The summed E-state index contributed by atoms with van der Waals surface area (Å²) in [6, 6.07) is 5.02. The Bertz CT molecular complexity index is 615. The smallest absolute Gasteiger partial charge is 0.410 e. The van der Waals surface area contributed by atoms with Gasteiger partial charge in [0.1, 0.15) is 6.04 Å². The van der Waals surface area contributed by atoms with Crippen molar-refractivity contribution < 1.29 is 19.4 Å². The van der Waals surface area contributed by atoms with Crippen LogP contribution in [-0.4, -0.2) is 47.3 Å². The molecule has 6 nitrogen and oxygen atoms in total. The van der Waals surface area contributed by atoms with Crippen LogP contribution in [0.15, 0.2) is 18.2 Å². The van der Waals surface area contributed by atoms with Gasteiger partial charge >= 0.3 is 6.09 Å². The molecular weight excluding hydrogens is 308 g/mol. The molecule has 1 saturated heterocycles. The van der Waals surface area contributed by atoms with Gasteiger partial charge in [-0.2, -0.15) is 0 Å². The van der Waals surface area contributed by atoms with Crippen molar-refractivity contribution in [1.29, 1.82) is 0 Å². The Morgan fingerprint density at radius 1 is 1.38 bits per heavy atom. The molecule has 1 aliphatic rings. The third kappa shape index (κ3) is 4.47. The van der Waals surface area contributed by atoms with Crippen LogP contribution < -0.4 is 5.32 Å². The highest BCUT2D eigenvalue weighted by molar-refractivity contribution is 5.97. The lowest BCUT2D eigenvalue weighted by Crippen LogP contribution is -2.43. The van der Waals surface area contributed by atoms with Gasteiger partial charge in [0.2, 0.25) is 5.91 Å². The van der Waals surface area contributed by atoms with E-state index in [4.69, 9.17) is 4.74 Å². The Morgan fingerprint density at radius 3 is 2.71 bits per heavy atom. The summed E-state index contributed by atoms with van der Waals surface area (Å²) >= 11 is 0. The second-order valence-electron chi connectivity index (χ2n) is 6.84. The van der Waals surface area contributed by atoms with Crippen LogP contribution in [0.25, 0.3) is 0 Å². The number of nitrogens with one attached hydrogen (secondary N) is 1. The minimum Gasteiger partial charge on any atom is -0.449 e. The first kappa shape index (κ1) is 18.3. The molecule has 1 fully saturated rings. The Balaban J connectivity index is 2.06. The number of benzene rings is 1. The van der Waals surface area contributed by atoms with Crippen LogP contribution in [0.2, 0.25) is 0 Å². The fraction of sp³-hybridized carbons (Fsp3) is 0.556. The maximum Gasteiger partial charge on any atom is 0.410 e. The Morgan fingerprint density at radius 2 is 2.08 bits per heavy atom. The summed E-state index contributed by atoms with van der Waals surface area (Å²) in [6.45, 7) is 8.19. The second-order valence-corrected chi connectivity index (χ2v) is 6.84. The Kier molecular flexibility index (Phi) is 5.83. The normalized spacial score (nSPS) is 20.3. The molecule has 1 aliphatic heterocycles. The van der Waals surface area contributed by atoms with Gasteiger partial charge in [-0.1, -0.05) is 31.5 Å². The first-order valence-corrected chi connectivity index (χ1v) is 8.27. The lowest BCUT2D eigenvalue weighted by Gasteiger charge is -2.23. The third-order valence-corrected chi connectivity index (χ3v) is 4.00. The fourth-order valence-corrected chi connectivity index (χ4v) is 2.75. The zero-order chi connectivity index (χ0) is 17.9. The molecule has 0 unspecified atom stereocenters. The largest absolute Gasteiger partial charge is 0.449 e. The number of aryl methyl sites for hydroxylation is 2. The summed E-state index contributed by atoms with van der Waals surface area (Å²) in [7, 11) is 0. The molecule has 6 heteroatoms. The number of carbonyl (C=O) groups excluding carboxylic acids is 2. The van der Waals surface area contributed by atoms with Crippen molar-refractivity contribution >= 4 is 17.7 Å². The van der Waals surface area contributed by atoms with Gasteiger partial charge in [-0.25, -0.2) is 4.79 Å². The van der Waals surface area contributed by atoms with E-state index in [1.165, 1.54) is 4.90 Å². The van der Waals surface area contributed by atoms with E-state index in [1.807, 2.05) is 45.9 Å². The van der Waals surface area contributed by atoms with Crippen molar-refractivity contribution in [2.75, 3.05) is 18.5 Å². The van der Waals surface area contributed by atoms with E-state index in [0.717, 1.165) is 11.1 Å². The average Bonchev–Trinajstić information content (AvgIpc) is 2.89. The highest BCUT2D eigenvalue weighted by atomic mass is 16.6. The second kappa shape index (κ2) is 7.66. The number of anilines is 1. The molecule has 1 aromatic carbocycles. The van der Waals surface area contributed by atoms with Crippen molar-refractivity contribution in [3.8, 4) is 0 Å². The molecule has 2 rings (SSSR count). The van der Waals surface area contributed by atoms with Crippen molar-refractivity contribution in [2.45, 2.75) is 46.3 Å². The minimum absolute atomic E-state index is 0.113. The number of rotatable bonds is 4. The SMILES string of the molecule is Cc1ccc(NC(=O)[C@@H]2C[C@@H](O)CN2C(=O)OCC(C)C)c(C)c1. The standard InChI is InChI=1S/C18H26N2O4/c1-11(2)10-24-18(23)20-9-14(21)8-16(20)17(22)19-15-6-5-12(3)7-13(15)4/h5-7,11,14,16,21H,8-10H2,1-4H3,(H,19,22)/t14-,16+/m1/s1. The van der Waals surface area contributed by atoms with Crippen molar-refractivity contribution in [3.63, 3.8) is 0 Å². The van der Waals surface area contributed by atoms with E-state index in [-0.39, 0.29) is 31.4 Å². The van der Waals surface area contributed by atoms with Gasteiger partial charge in [0, 0.05) is 12.1 Å². The summed E-state index contributed by atoms with van der Waals surface area (Å²) in [4.78, 5) is 26.1. The molecule has 0 spiro atoms. The number of likely N-dealkylation sites (tertiary alicyclic amines) is 1. The van der Waals surface area contributed by atoms with Gasteiger partial charge in [0.25, 0.3) is 0 Å². The maximum absolute atomic E-state index is 12.6. The average molecular weight is 334 g/mol. The molecule has 0 radical (unpaired) electrons. The molecule has 0 bridgehead atoms. The monoisotopic (exact) mass is 334 g/mol. The van der Waals surface area contributed by atoms with E-state index in [0.29, 0.717) is 5.69 Å². The molecule has 0 aliphatic carbocycles. The van der Waals surface area contributed by atoms with Crippen molar-refractivity contribution in [2.24, 2.45) is 5.92 Å². The van der Waals surface area contributed by atoms with E-state index in [9.17, 15) is 14.7 Å². The van der Waals surface area contributed by atoms with Gasteiger partial charge in [0.05, 0.1) is 19.3 Å². The summed E-state index contributed by atoms with van der Waals surface area (Å²) in [5.74, 6) is -0.0936. The number of carbonyl (C=O) groups is 2. The number of nitrogens with zero attached hydrogens (tertiary/aromatic N) is 1. The summed E-state index contributed by atoms with van der Waals surface area (Å²) < 4.78 is 5.20. The molecule has 1 aromatic rings. The van der Waals surface area contributed by atoms with Gasteiger partial charge in [-0.15, -0.1) is 0 Å². The number of aliphatic hydroxyl groups excluding tert-OH is 1. The van der Waals surface area contributed by atoms with Crippen LogP contribution in [0.4, 0.5) is 10.5 Å². The van der Waals surface area contributed by atoms with Crippen LogP contribution in [-0.2, 0) is 9.53 Å². The van der Waals surface area contributed by atoms with Crippen LogP contribution in [0.1, 0.15) is 31.4 Å². The zero-order valence-electron chi connectivity index (χ0n) is 14.7. The maximum atomic E-state index is 12.6. The van der Waals surface area contributed by atoms with E-state index >= 15 is 0 Å². The first-order valence-electron chi connectivity index (χ1n) is 8.27. The Labute approximate surface area is 142 Å². The third-order valence-electron chi connectivity index (χ3n) is 4.00. The van der Waals surface area contributed by atoms with Gasteiger partial charge < -0.3 is 15.2 Å². The van der Waals surface area contributed by atoms with Crippen LogP contribution in [0.3, 0.4) is 0 Å². The fourth-order valence-electron chi connectivity index (χ4n) is 2.75. The van der Waals surface area contributed by atoms with Crippen LogP contribution in [0.5, 0.6) is 0 Å². The van der Waals surface area contributed by atoms with Gasteiger partial charge in [-0.05, 0) is 31.4 Å². The lowest BCUT2D eigenvalue weighted by atomic mass is 10.1. The molecular formula is C18H26N2O4. The van der Waals surface area contributed by atoms with Crippen molar-refractivity contribution in [3.05, 3.63) is 29.3 Å². The van der Waals surface area contributed by atoms with Gasteiger partial charge in [0.15, 0.2) is 0 Å². The molecule has 24 heavy (non-hydrogen) atoms. The molecule has 2 N–H and O–H groups in total.